The number of carbonyl (C=O) groups is 1. The van der Waals surface area contributed by atoms with Gasteiger partial charge in [-0.25, -0.2) is 14.0 Å². The van der Waals surface area contributed by atoms with Crippen molar-refractivity contribution in [3.8, 4) is 11.4 Å². The first kappa shape index (κ1) is 20.0. The molecule has 0 unspecified atom stereocenters. The average molecular weight is 394 g/mol. The normalized spacial score (nSPS) is 14.8. The zero-order valence-corrected chi connectivity index (χ0v) is 16.0. The smallest absolute Gasteiger partial charge is 0.350 e. The standard InChI is InChI=1S/C18H23FN4O5/c1-11(4-5-21(2)3)28-15-9-14(13(19)8-12(15)17(24)25)23-18(26)22-6-7-27-10-16(22)20-23/h8-9,11H,4-7,10H2,1-3H3,(H,24,25)/t11-/m0/s1. The van der Waals surface area contributed by atoms with Crippen molar-refractivity contribution in [2.24, 2.45) is 0 Å². The molecule has 1 aliphatic rings. The van der Waals surface area contributed by atoms with Crippen LogP contribution in [0.4, 0.5) is 4.39 Å². The van der Waals surface area contributed by atoms with Crippen LogP contribution in [0.5, 0.6) is 5.75 Å². The number of halogens is 1. The largest absolute Gasteiger partial charge is 0.490 e. The molecule has 1 aromatic carbocycles. The minimum Gasteiger partial charge on any atom is -0.490 e. The number of nitrogens with zero attached hydrogens (tertiary/aromatic N) is 4. The van der Waals surface area contributed by atoms with Crippen molar-refractivity contribution in [2.45, 2.75) is 32.6 Å². The number of benzene rings is 1. The first-order chi connectivity index (χ1) is 13.3. The predicted molar refractivity (Wildman–Crippen MR) is 97.7 cm³/mol. The maximum absolute atomic E-state index is 14.6. The van der Waals surface area contributed by atoms with Gasteiger partial charge in [-0.05, 0) is 33.5 Å². The van der Waals surface area contributed by atoms with E-state index in [9.17, 15) is 19.1 Å². The third-order valence-corrected chi connectivity index (χ3v) is 4.45. The van der Waals surface area contributed by atoms with Gasteiger partial charge in [0, 0.05) is 12.6 Å². The van der Waals surface area contributed by atoms with E-state index < -0.39 is 17.5 Å². The van der Waals surface area contributed by atoms with E-state index in [0.717, 1.165) is 17.3 Å². The number of hydrogen-bond acceptors (Lipinski definition) is 6. The lowest BCUT2D eigenvalue weighted by Crippen LogP contribution is -2.29. The number of carboxylic acid groups (broad SMARTS) is 1. The van der Waals surface area contributed by atoms with Gasteiger partial charge in [-0.15, -0.1) is 5.10 Å². The van der Waals surface area contributed by atoms with Gasteiger partial charge in [-0.3, -0.25) is 4.57 Å². The molecule has 9 nitrogen and oxygen atoms in total. The maximum atomic E-state index is 14.6. The van der Waals surface area contributed by atoms with Crippen LogP contribution in [0.1, 0.15) is 29.5 Å². The fourth-order valence-electron chi connectivity index (χ4n) is 2.93. The van der Waals surface area contributed by atoms with Crippen LogP contribution in [0.2, 0.25) is 0 Å². The van der Waals surface area contributed by atoms with Crippen molar-refractivity contribution in [1.82, 2.24) is 19.2 Å². The van der Waals surface area contributed by atoms with Crippen molar-refractivity contribution in [2.75, 3.05) is 27.2 Å². The van der Waals surface area contributed by atoms with E-state index in [1.165, 1.54) is 10.6 Å². The van der Waals surface area contributed by atoms with Crippen molar-refractivity contribution >= 4 is 5.97 Å². The fourth-order valence-corrected chi connectivity index (χ4v) is 2.93. The molecule has 1 atom stereocenters. The third-order valence-electron chi connectivity index (χ3n) is 4.45. The second-order valence-electron chi connectivity index (χ2n) is 6.94. The second kappa shape index (κ2) is 8.11. The summed E-state index contributed by atoms with van der Waals surface area (Å²) >= 11 is 0. The van der Waals surface area contributed by atoms with Gasteiger partial charge in [0.05, 0.1) is 19.3 Å². The SMILES string of the molecule is C[C@@H](CCN(C)C)Oc1cc(-n2nc3n(c2=O)CCOC3)c(F)cc1C(=O)O. The summed E-state index contributed by atoms with van der Waals surface area (Å²) in [4.78, 5) is 26.1. The summed E-state index contributed by atoms with van der Waals surface area (Å²) in [5, 5.41) is 13.5. The summed E-state index contributed by atoms with van der Waals surface area (Å²) in [5.41, 5.74) is -0.975. The van der Waals surface area contributed by atoms with Crippen LogP contribution in [0.25, 0.3) is 5.69 Å². The van der Waals surface area contributed by atoms with E-state index in [1.807, 2.05) is 19.0 Å². The molecule has 0 saturated heterocycles. The van der Waals surface area contributed by atoms with Crippen molar-refractivity contribution in [3.63, 3.8) is 0 Å². The zero-order chi connectivity index (χ0) is 20.4. The van der Waals surface area contributed by atoms with Gasteiger partial charge in [0.15, 0.2) is 5.82 Å². The van der Waals surface area contributed by atoms with Crippen LogP contribution in [-0.4, -0.2) is 63.7 Å². The summed E-state index contributed by atoms with van der Waals surface area (Å²) in [5.74, 6) is -1.81. The molecular weight excluding hydrogens is 371 g/mol. The Hall–Kier alpha value is -2.72. The number of hydrogen-bond donors (Lipinski definition) is 1. The summed E-state index contributed by atoms with van der Waals surface area (Å²) in [6, 6.07) is 2.07. The molecule has 2 aromatic rings. The van der Waals surface area contributed by atoms with Crippen LogP contribution in [-0.2, 0) is 17.9 Å². The number of fused-ring (bicyclic) bond motifs is 1. The highest BCUT2D eigenvalue weighted by Crippen LogP contribution is 2.27. The van der Waals surface area contributed by atoms with Gasteiger partial charge in [0.25, 0.3) is 0 Å². The quantitative estimate of drug-likeness (QED) is 0.751. The van der Waals surface area contributed by atoms with Crippen LogP contribution < -0.4 is 10.4 Å². The van der Waals surface area contributed by atoms with Gasteiger partial charge in [-0.2, -0.15) is 4.68 Å². The van der Waals surface area contributed by atoms with E-state index in [1.54, 1.807) is 6.92 Å². The van der Waals surface area contributed by atoms with E-state index in [-0.39, 0.29) is 29.7 Å². The lowest BCUT2D eigenvalue weighted by molar-refractivity contribution is 0.0688. The Labute approximate surface area is 160 Å². The molecular formula is C18H23FN4O5. The Morgan fingerprint density at radius 1 is 1.46 bits per heavy atom. The Kier molecular flexibility index (Phi) is 5.80. The summed E-state index contributed by atoms with van der Waals surface area (Å²) < 4.78 is 28.0. The van der Waals surface area contributed by atoms with E-state index in [0.29, 0.717) is 25.4 Å². The molecule has 0 aliphatic carbocycles. The topological polar surface area (TPSA) is 98.8 Å². The number of carboxylic acids is 1. The highest BCUT2D eigenvalue weighted by molar-refractivity contribution is 5.91. The molecule has 0 radical (unpaired) electrons. The number of aromatic carboxylic acids is 1. The monoisotopic (exact) mass is 394 g/mol. The Morgan fingerprint density at radius 3 is 2.86 bits per heavy atom. The van der Waals surface area contributed by atoms with Crippen LogP contribution in [0, 0.1) is 5.82 Å². The van der Waals surface area contributed by atoms with Gasteiger partial charge in [0.2, 0.25) is 0 Å². The van der Waals surface area contributed by atoms with Crippen molar-refractivity contribution in [3.05, 3.63) is 39.8 Å². The Bertz CT molecular complexity index is 937. The van der Waals surface area contributed by atoms with Crippen LogP contribution in [0.3, 0.4) is 0 Å². The van der Waals surface area contributed by atoms with Crippen molar-refractivity contribution in [1.29, 1.82) is 0 Å². The molecule has 0 fully saturated rings. The van der Waals surface area contributed by atoms with Crippen LogP contribution in [0.15, 0.2) is 16.9 Å². The lowest BCUT2D eigenvalue weighted by Gasteiger charge is -2.19. The molecule has 0 saturated carbocycles. The molecule has 1 N–H and O–H groups in total. The number of ether oxygens (including phenoxy) is 2. The first-order valence-electron chi connectivity index (χ1n) is 8.93. The lowest BCUT2D eigenvalue weighted by atomic mass is 10.1. The molecule has 0 amide bonds. The molecule has 10 heteroatoms. The minimum absolute atomic E-state index is 0.00993. The second-order valence-corrected chi connectivity index (χ2v) is 6.94. The summed E-state index contributed by atoms with van der Waals surface area (Å²) in [7, 11) is 3.84. The van der Waals surface area contributed by atoms with Gasteiger partial charge in [-0.1, -0.05) is 0 Å². The molecule has 0 spiro atoms. The molecule has 0 bridgehead atoms. The van der Waals surface area contributed by atoms with Gasteiger partial charge >= 0.3 is 11.7 Å². The van der Waals surface area contributed by atoms with Gasteiger partial charge in [0.1, 0.15) is 29.4 Å². The van der Waals surface area contributed by atoms with E-state index in [4.69, 9.17) is 9.47 Å². The summed E-state index contributed by atoms with van der Waals surface area (Å²) in [6.07, 6.45) is 0.341. The molecule has 1 aliphatic heterocycles. The third kappa shape index (κ3) is 4.07. The predicted octanol–water partition coefficient (Wildman–Crippen LogP) is 1.12. The summed E-state index contributed by atoms with van der Waals surface area (Å²) in [6.45, 7) is 3.40. The molecule has 28 heavy (non-hydrogen) atoms. The Morgan fingerprint density at radius 2 is 2.21 bits per heavy atom. The van der Waals surface area contributed by atoms with E-state index in [2.05, 4.69) is 5.10 Å². The first-order valence-corrected chi connectivity index (χ1v) is 8.93. The zero-order valence-electron chi connectivity index (χ0n) is 16.0. The Balaban J connectivity index is 2.00. The maximum Gasteiger partial charge on any atom is 0.350 e. The van der Waals surface area contributed by atoms with Crippen LogP contribution >= 0.6 is 0 Å². The molecule has 1 aromatic heterocycles. The number of aromatic nitrogens is 3. The highest BCUT2D eigenvalue weighted by atomic mass is 19.1. The minimum atomic E-state index is -1.31. The van der Waals surface area contributed by atoms with E-state index >= 15 is 0 Å². The highest BCUT2D eigenvalue weighted by Gasteiger charge is 2.23. The van der Waals surface area contributed by atoms with Gasteiger partial charge < -0.3 is 19.5 Å². The molecule has 2 heterocycles. The molecule has 152 valence electrons. The number of rotatable bonds is 7. The molecule has 3 rings (SSSR count). The fraction of sp³-hybridized carbons (Fsp3) is 0.500. The average Bonchev–Trinajstić information content (AvgIpc) is 2.98. The van der Waals surface area contributed by atoms with Crippen molar-refractivity contribution < 1.29 is 23.8 Å².